The smallest absolute Gasteiger partial charge is 0.266 e. The lowest BCUT2D eigenvalue weighted by Gasteiger charge is -2.14. The highest BCUT2D eigenvalue weighted by Crippen LogP contribution is 2.18. The molecule has 0 atom stereocenters. The van der Waals surface area contributed by atoms with Crippen molar-refractivity contribution in [2.24, 2.45) is 0 Å². The van der Waals surface area contributed by atoms with Crippen LogP contribution in [0.15, 0.2) is 47.3 Å². The Morgan fingerprint density at radius 1 is 1.05 bits per heavy atom. The van der Waals surface area contributed by atoms with Gasteiger partial charge in [0.05, 0.1) is 16.6 Å². The van der Waals surface area contributed by atoms with E-state index in [4.69, 9.17) is 0 Å². The highest BCUT2D eigenvalue weighted by atomic mass is 16.3. The summed E-state index contributed by atoms with van der Waals surface area (Å²) in [4.78, 5) is 17.3. The Morgan fingerprint density at radius 2 is 1.76 bits per heavy atom. The lowest BCUT2D eigenvalue weighted by Crippen LogP contribution is -2.25. The number of para-hydroxylation sites is 1. The number of aryl methyl sites for hydroxylation is 2. The van der Waals surface area contributed by atoms with Gasteiger partial charge in [-0.25, -0.2) is 4.98 Å². The third-order valence-corrected chi connectivity index (χ3v) is 3.67. The summed E-state index contributed by atoms with van der Waals surface area (Å²) in [5.41, 5.74) is 3.08. The summed E-state index contributed by atoms with van der Waals surface area (Å²) in [6, 6.07) is 13.1. The molecule has 106 valence electrons. The van der Waals surface area contributed by atoms with Gasteiger partial charge in [0.25, 0.3) is 5.56 Å². The second-order valence-electron chi connectivity index (χ2n) is 5.08. The average molecular weight is 280 g/mol. The van der Waals surface area contributed by atoms with E-state index in [9.17, 15) is 9.90 Å². The van der Waals surface area contributed by atoms with Crippen molar-refractivity contribution < 1.29 is 5.11 Å². The number of hydrogen-bond acceptors (Lipinski definition) is 3. The molecule has 0 amide bonds. The van der Waals surface area contributed by atoms with Crippen LogP contribution in [-0.4, -0.2) is 14.7 Å². The molecule has 0 bridgehead atoms. The van der Waals surface area contributed by atoms with E-state index in [0.717, 1.165) is 16.8 Å². The summed E-state index contributed by atoms with van der Waals surface area (Å²) in [7, 11) is 0. The molecule has 1 aromatic heterocycles. The van der Waals surface area contributed by atoms with Gasteiger partial charge < -0.3 is 5.11 Å². The first-order valence-electron chi connectivity index (χ1n) is 6.81. The minimum atomic E-state index is -0.284. The molecule has 0 saturated heterocycles. The predicted molar refractivity (Wildman–Crippen MR) is 82.7 cm³/mol. The highest BCUT2D eigenvalue weighted by Gasteiger charge is 2.14. The van der Waals surface area contributed by atoms with Crippen LogP contribution in [0.2, 0.25) is 0 Å². The summed E-state index contributed by atoms with van der Waals surface area (Å²) < 4.78 is 1.50. The largest absolute Gasteiger partial charge is 0.388 e. The first kappa shape index (κ1) is 13.5. The lowest BCUT2D eigenvalue weighted by molar-refractivity contribution is 0.268. The molecule has 0 saturated carbocycles. The molecule has 21 heavy (non-hydrogen) atoms. The van der Waals surface area contributed by atoms with E-state index < -0.39 is 0 Å². The van der Waals surface area contributed by atoms with Crippen LogP contribution >= 0.6 is 0 Å². The summed E-state index contributed by atoms with van der Waals surface area (Å²) in [6.45, 7) is 3.55. The molecule has 3 rings (SSSR count). The number of rotatable bonds is 2. The van der Waals surface area contributed by atoms with Crippen molar-refractivity contribution >= 4 is 10.9 Å². The van der Waals surface area contributed by atoms with E-state index in [2.05, 4.69) is 4.98 Å². The molecule has 0 spiro atoms. The second kappa shape index (κ2) is 5.14. The highest BCUT2D eigenvalue weighted by molar-refractivity contribution is 5.81. The molecule has 0 aliphatic heterocycles. The normalized spacial score (nSPS) is 11.0. The first-order chi connectivity index (χ1) is 10.1. The molecular formula is C17H16N2O2. The van der Waals surface area contributed by atoms with E-state index in [1.807, 2.05) is 50.2 Å². The van der Waals surface area contributed by atoms with Gasteiger partial charge in [-0.15, -0.1) is 0 Å². The SMILES string of the molecule is Cc1ccccc1-n1c(CO)nc2cccc(C)c2c1=O. The number of benzene rings is 2. The minimum Gasteiger partial charge on any atom is -0.388 e. The van der Waals surface area contributed by atoms with Crippen molar-refractivity contribution in [3.05, 3.63) is 69.8 Å². The van der Waals surface area contributed by atoms with Crippen LogP contribution in [0.3, 0.4) is 0 Å². The van der Waals surface area contributed by atoms with Crippen LogP contribution in [0, 0.1) is 13.8 Å². The molecule has 0 fully saturated rings. The molecule has 0 unspecified atom stereocenters. The van der Waals surface area contributed by atoms with Gasteiger partial charge in [0.2, 0.25) is 0 Å². The summed E-state index contributed by atoms with van der Waals surface area (Å²) in [5, 5.41) is 10.2. The first-order valence-corrected chi connectivity index (χ1v) is 6.81. The maximum absolute atomic E-state index is 12.9. The summed E-state index contributed by atoms with van der Waals surface area (Å²) in [5.74, 6) is 0.354. The Bertz CT molecular complexity index is 882. The molecule has 0 aliphatic rings. The van der Waals surface area contributed by atoms with Crippen molar-refractivity contribution in [3.8, 4) is 5.69 Å². The zero-order chi connectivity index (χ0) is 15.0. The third-order valence-electron chi connectivity index (χ3n) is 3.67. The molecule has 0 aliphatic carbocycles. The number of aliphatic hydroxyl groups is 1. The predicted octanol–water partition coefficient (Wildman–Crippen LogP) is 2.49. The van der Waals surface area contributed by atoms with Crippen LogP contribution in [-0.2, 0) is 6.61 Å². The molecule has 3 aromatic rings. The van der Waals surface area contributed by atoms with Crippen LogP contribution in [0.1, 0.15) is 17.0 Å². The second-order valence-corrected chi connectivity index (χ2v) is 5.08. The van der Waals surface area contributed by atoms with Gasteiger partial charge in [-0.3, -0.25) is 9.36 Å². The van der Waals surface area contributed by atoms with E-state index in [1.165, 1.54) is 4.57 Å². The minimum absolute atomic E-state index is 0.142. The van der Waals surface area contributed by atoms with E-state index in [0.29, 0.717) is 16.7 Å². The van der Waals surface area contributed by atoms with Crippen LogP contribution in [0.4, 0.5) is 0 Å². The van der Waals surface area contributed by atoms with E-state index in [-0.39, 0.29) is 12.2 Å². The molecule has 1 N–H and O–H groups in total. The molecular weight excluding hydrogens is 264 g/mol. The Balaban J connectivity index is 2.48. The van der Waals surface area contributed by atoms with E-state index >= 15 is 0 Å². The molecule has 2 aromatic carbocycles. The maximum atomic E-state index is 12.9. The van der Waals surface area contributed by atoms with Crippen molar-refractivity contribution in [2.75, 3.05) is 0 Å². The summed E-state index contributed by atoms with van der Waals surface area (Å²) in [6.07, 6.45) is 0. The van der Waals surface area contributed by atoms with Gasteiger partial charge in [0.15, 0.2) is 0 Å². The van der Waals surface area contributed by atoms with Crippen molar-refractivity contribution in [1.82, 2.24) is 9.55 Å². The third kappa shape index (κ3) is 2.14. The molecule has 1 heterocycles. The monoisotopic (exact) mass is 280 g/mol. The van der Waals surface area contributed by atoms with Crippen LogP contribution < -0.4 is 5.56 Å². The zero-order valence-corrected chi connectivity index (χ0v) is 12.0. The van der Waals surface area contributed by atoms with Gasteiger partial charge in [-0.1, -0.05) is 30.3 Å². The Kier molecular flexibility index (Phi) is 3.31. The van der Waals surface area contributed by atoms with Crippen LogP contribution in [0.25, 0.3) is 16.6 Å². The Morgan fingerprint density at radius 3 is 2.48 bits per heavy atom. The van der Waals surface area contributed by atoms with Gasteiger partial charge in [0.1, 0.15) is 12.4 Å². The average Bonchev–Trinajstić information content (AvgIpc) is 2.48. The van der Waals surface area contributed by atoms with Crippen molar-refractivity contribution in [2.45, 2.75) is 20.5 Å². The van der Waals surface area contributed by atoms with Crippen LogP contribution in [0.5, 0.6) is 0 Å². The topological polar surface area (TPSA) is 55.1 Å². The van der Waals surface area contributed by atoms with Gasteiger partial charge in [-0.05, 0) is 37.1 Å². The fourth-order valence-electron chi connectivity index (χ4n) is 2.61. The number of nitrogens with zero attached hydrogens (tertiary/aromatic N) is 2. The molecule has 0 radical (unpaired) electrons. The number of aromatic nitrogens is 2. The van der Waals surface area contributed by atoms with Crippen molar-refractivity contribution in [3.63, 3.8) is 0 Å². The number of fused-ring (bicyclic) bond motifs is 1. The fourth-order valence-corrected chi connectivity index (χ4v) is 2.61. The van der Waals surface area contributed by atoms with Crippen molar-refractivity contribution in [1.29, 1.82) is 0 Å². The molecule has 4 nitrogen and oxygen atoms in total. The molecule has 4 heteroatoms. The van der Waals surface area contributed by atoms with Gasteiger partial charge >= 0.3 is 0 Å². The zero-order valence-electron chi connectivity index (χ0n) is 12.0. The Labute approximate surface area is 122 Å². The quantitative estimate of drug-likeness (QED) is 0.784. The number of hydrogen-bond donors (Lipinski definition) is 1. The number of aliphatic hydroxyl groups excluding tert-OH is 1. The standard InChI is InChI=1S/C17H16N2O2/c1-11-6-3-4-9-14(11)19-15(10-20)18-13-8-5-7-12(2)16(13)17(19)21/h3-9,20H,10H2,1-2H3. The maximum Gasteiger partial charge on any atom is 0.266 e. The summed E-state index contributed by atoms with van der Waals surface area (Å²) >= 11 is 0. The Hall–Kier alpha value is -2.46. The van der Waals surface area contributed by atoms with Gasteiger partial charge in [0, 0.05) is 0 Å². The van der Waals surface area contributed by atoms with E-state index in [1.54, 1.807) is 6.07 Å². The fraction of sp³-hybridized carbons (Fsp3) is 0.176. The lowest BCUT2D eigenvalue weighted by atomic mass is 10.1. The van der Waals surface area contributed by atoms with Gasteiger partial charge in [-0.2, -0.15) is 0 Å².